The second-order valence-corrected chi connectivity index (χ2v) is 7.03. The Bertz CT molecular complexity index is 899. The zero-order chi connectivity index (χ0) is 20.7. The summed E-state index contributed by atoms with van der Waals surface area (Å²) in [7, 11) is 0. The summed E-state index contributed by atoms with van der Waals surface area (Å²) in [6.07, 6.45) is -4.81. The molecule has 2 rings (SSSR count). The fraction of sp³-hybridized carbons (Fsp3) is 0.231. The highest BCUT2D eigenvalue weighted by Crippen LogP contribution is 2.40. The lowest BCUT2D eigenvalue weighted by Crippen LogP contribution is -2.25. The minimum absolute atomic E-state index is 0.443. The number of aliphatic hydroxyl groups is 1. The average Bonchev–Trinajstić information content (AvgIpc) is 2.89. The number of halogens is 8. The van der Waals surface area contributed by atoms with Gasteiger partial charge < -0.3 is 9.66 Å². The SMILES string of the molecule is N#Cc1nn(-c2c(Cl)cc(C(F)(F)F)cc2Cl)c(CO)c1[S+]([O-])C(F)(F)F. The van der Waals surface area contributed by atoms with E-state index in [9.17, 15) is 36.0 Å². The van der Waals surface area contributed by atoms with Gasteiger partial charge in [-0.2, -0.15) is 23.5 Å². The lowest BCUT2D eigenvalue weighted by atomic mass is 10.2. The number of benzene rings is 1. The Kier molecular flexibility index (Phi) is 5.93. The van der Waals surface area contributed by atoms with Crippen molar-refractivity contribution < 1.29 is 36.0 Å². The van der Waals surface area contributed by atoms with Crippen molar-refractivity contribution in [3.05, 3.63) is 39.1 Å². The Morgan fingerprint density at radius 1 is 1.19 bits per heavy atom. The highest BCUT2D eigenvalue weighted by atomic mass is 35.5. The minimum atomic E-state index is -5.28. The average molecular weight is 452 g/mol. The van der Waals surface area contributed by atoms with E-state index in [1.54, 1.807) is 0 Å². The van der Waals surface area contributed by atoms with Crippen molar-refractivity contribution in [2.75, 3.05) is 0 Å². The van der Waals surface area contributed by atoms with Gasteiger partial charge in [-0.15, -0.1) is 13.2 Å². The number of hydrogen-bond acceptors (Lipinski definition) is 4. The first-order valence-corrected chi connectivity index (χ1v) is 8.41. The van der Waals surface area contributed by atoms with Crippen molar-refractivity contribution in [3.63, 3.8) is 0 Å². The van der Waals surface area contributed by atoms with E-state index in [1.165, 1.54) is 6.07 Å². The van der Waals surface area contributed by atoms with Crippen LogP contribution in [0.5, 0.6) is 0 Å². The molecule has 1 unspecified atom stereocenters. The smallest absolute Gasteiger partial charge is 0.578 e. The quantitative estimate of drug-likeness (QED) is 0.559. The van der Waals surface area contributed by atoms with Gasteiger partial charge in [-0.05, 0) is 12.1 Å². The predicted molar refractivity (Wildman–Crippen MR) is 81.7 cm³/mol. The van der Waals surface area contributed by atoms with Crippen molar-refractivity contribution in [3.8, 4) is 11.8 Å². The maximum atomic E-state index is 12.8. The molecule has 0 aliphatic rings. The van der Waals surface area contributed by atoms with Crippen molar-refractivity contribution in [1.82, 2.24) is 9.78 Å². The third-order valence-corrected chi connectivity index (χ3v) is 4.94. The summed E-state index contributed by atoms with van der Waals surface area (Å²) < 4.78 is 89.0. The predicted octanol–water partition coefficient (Wildman–Crippen LogP) is 4.19. The van der Waals surface area contributed by atoms with Crippen LogP contribution in [-0.2, 0) is 24.0 Å². The van der Waals surface area contributed by atoms with Crippen LogP contribution < -0.4 is 0 Å². The first-order chi connectivity index (χ1) is 12.3. The maximum Gasteiger partial charge on any atom is 0.578 e. The Morgan fingerprint density at radius 2 is 1.70 bits per heavy atom. The number of aliphatic hydroxyl groups excluding tert-OH is 1. The molecule has 0 spiro atoms. The molecule has 14 heteroatoms. The van der Waals surface area contributed by atoms with Gasteiger partial charge in [0.15, 0.2) is 0 Å². The maximum absolute atomic E-state index is 12.8. The first kappa shape index (κ1) is 21.6. The van der Waals surface area contributed by atoms with Crippen LogP contribution in [0.1, 0.15) is 17.0 Å². The molecule has 1 atom stereocenters. The van der Waals surface area contributed by atoms with E-state index in [0.29, 0.717) is 16.8 Å². The molecule has 0 radical (unpaired) electrons. The van der Waals surface area contributed by atoms with E-state index < -0.39 is 67.0 Å². The molecule has 0 amide bonds. The molecule has 1 heterocycles. The number of nitriles is 1. The molecule has 0 saturated heterocycles. The van der Waals surface area contributed by atoms with Gasteiger partial charge in [0.1, 0.15) is 28.6 Å². The lowest BCUT2D eigenvalue weighted by Gasteiger charge is -2.15. The van der Waals surface area contributed by atoms with Crippen molar-refractivity contribution in [2.45, 2.75) is 23.2 Å². The van der Waals surface area contributed by atoms with Gasteiger partial charge >= 0.3 is 11.7 Å². The zero-order valence-electron chi connectivity index (χ0n) is 12.5. The van der Waals surface area contributed by atoms with Gasteiger partial charge in [0.05, 0.1) is 22.2 Å². The molecular formula is C13H5Cl2F6N3O2S. The number of hydrogen-bond donors (Lipinski definition) is 1. The van der Waals surface area contributed by atoms with Crippen LogP contribution in [0.4, 0.5) is 26.3 Å². The number of rotatable bonds is 3. The Balaban J connectivity index is 2.78. The largest absolute Gasteiger partial charge is 0.604 e. The molecule has 2 aromatic rings. The minimum Gasteiger partial charge on any atom is -0.604 e. The summed E-state index contributed by atoms with van der Waals surface area (Å²) >= 11 is 7.80. The Morgan fingerprint density at radius 3 is 2.07 bits per heavy atom. The molecule has 1 aromatic heterocycles. The fourth-order valence-corrected chi connectivity index (χ4v) is 3.58. The summed E-state index contributed by atoms with van der Waals surface area (Å²) in [4.78, 5) is -1.14. The Hall–Kier alpha value is -1.65. The summed E-state index contributed by atoms with van der Waals surface area (Å²) in [6, 6.07) is 2.17. The Labute approximate surface area is 159 Å². The van der Waals surface area contributed by atoms with E-state index in [2.05, 4.69) is 5.10 Å². The number of nitrogens with zero attached hydrogens (tertiary/aromatic N) is 3. The van der Waals surface area contributed by atoms with Gasteiger partial charge in [-0.25, -0.2) is 4.68 Å². The monoisotopic (exact) mass is 451 g/mol. The topological polar surface area (TPSA) is 84.9 Å². The van der Waals surface area contributed by atoms with Crippen LogP contribution in [0.15, 0.2) is 17.0 Å². The second kappa shape index (κ2) is 7.40. The van der Waals surface area contributed by atoms with Crippen LogP contribution in [0.3, 0.4) is 0 Å². The summed E-state index contributed by atoms with van der Waals surface area (Å²) in [5.74, 6) is 0. The molecule has 1 N–H and O–H groups in total. The summed E-state index contributed by atoms with van der Waals surface area (Å²) in [6.45, 7) is -1.18. The molecular weight excluding hydrogens is 447 g/mol. The van der Waals surface area contributed by atoms with Gasteiger partial charge in [-0.3, -0.25) is 0 Å². The molecule has 0 saturated carbocycles. The highest BCUT2D eigenvalue weighted by Gasteiger charge is 2.50. The third kappa shape index (κ3) is 4.12. The van der Waals surface area contributed by atoms with E-state index in [1.807, 2.05) is 0 Å². The fourth-order valence-electron chi connectivity index (χ4n) is 2.08. The molecule has 0 bridgehead atoms. The van der Waals surface area contributed by atoms with Crippen molar-refractivity contribution in [1.29, 1.82) is 5.26 Å². The van der Waals surface area contributed by atoms with E-state index in [-0.39, 0.29) is 0 Å². The molecule has 0 fully saturated rings. The van der Waals surface area contributed by atoms with E-state index >= 15 is 0 Å². The van der Waals surface area contributed by atoms with Gasteiger partial charge in [0.25, 0.3) is 0 Å². The molecule has 0 aliphatic carbocycles. The van der Waals surface area contributed by atoms with Gasteiger partial charge in [0, 0.05) is 0 Å². The van der Waals surface area contributed by atoms with Gasteiger partial charge in [-0.1, -0.05) is 23.2 Å². The molecule has 27 heavy (non-hydrogen) atoms. The molecule has 146 valence electrons. The molecule has 5 nitrogen and oxygen atoms in total. The lowest BCUT2D eigenvalue weighted by molar-refractivity contribution is -0.137. The van der Waals surface area contributed by atoms with Crippen molar-refractivity contribution >= 4 is 34.4 Å². The summed E-state index contributed by atoms with van der Waals surface area (Å²) in [5, 5.41) is 20.5. The van der Waals surface area contributed by atoms with Crippen LogP contribution >= 0.6 is 23.2 Å². The standard InChI is InChI=1S/C13H5Cl2F6N3O2S/c14-6-1-5(12(16,17)18)2-7(15)10(6)24-9(4-25)11(8(3-22)23-24)27(26)13(19,20)21/h1-2,25H,4H2. The van der Waals surface area contributed by atoms with Crippen molar-refractivity contribution in [2.24, 2.45) is 0 Å². The van der Waals surface area contributed by atoms with Crippen LogP contribution in [0.25, 0.3) is 5.69 Å². The number of aromatic nitrogens is 2. The second-order valence-electron chi connectivity index (χ2n) is 4.81. The molecule has 1 aromatic carbocycles. The summed E-state index contributed by atoms with van der Waals surface area (Å²) in [5.41, 5.74) is -8.75. The molecule has 0 aliphatic heterocycles. The van der Waals surface area contributed by atoms with Crippen LogP contribution in [0.2, 0.25) is 10.0 Å². The van der Waals surface area contributed by atoms with Crippen LogP contribution in [-0.4, -0.2) is 24.9 Å². The number of alkyl halides is 6. The van der Waals surface area contributed by atoms with E-state index in [0.717, 1.165) is 0 Å². The normalized spacial score (nSPS) is 13.5. The van der Waals surface area contributed by atoms with Crippen LogP contribution in [0, 0.1) is 11.3 Å². The first-order valence-electron chi connectivity index (χ1n) is 6.51. The third-order valence-electron chi connectivity index (χ3n) is 3.14. The highest BCUT2D eigenvalue weighted by molar-refractivity contribution is 7.92. The zero-order valence-corrected chi connectivity index (χ0v) is 14.8. The van der Waals surface area contributed by atoms with E-state index in [4.69, 9.17) is 28.5 Å². The van der Waals surface area contributed by atoms with Gasteiger partial charge in [0.2, 0.25) is 10.6 Å².